The number of morpholine rings is 1. The van der Waals surface area contributed by atoms with Crippen LogP contribution in [0.25, 0.3) is 0 Å². The number of nitrogens with two attached hydrogens (primary N) is 1. The van der Waals surface area contributed by atoms with Gasteiger partial charge in [-0.2, -0.15) is 0 Å². The number of ether oxygens (including phenoxy) is 1. The van der Waals surface area contributed by atoms with E-state index in [1.807, 2.05) is 11.8 Å². The molecule has 2 heterocycles. The fraction of sp³-hybridized carbons (Fsp3) is 0.556. The second kappa shape index (κ2) is 5.10. The van der Waals surface area contributed by atoms with Gasteiger partial charge in [-0.1, -0.05) is 0 Å². The molecule has 0 aliphatic carbocycles. The summed E-state index contributed by atoms with van der Waals surface area (Å²) in [4.78, 5) is 20.2. The molecule has 98 valence electrons. The summed E-state index contributed by atoms with van der Waals surface area (Å²) in [6, 6.07) is 0.0120. The summed E-state index contributed by atoms with van der Waals surface area (Å²) in [6.07, 6.45) is 1.25. The Kier molecular flexibility index (Phi) is 3.53. The van der Waals surface area contributed by atoms with E-state index in [4.69, 9.17) is 10.6 Å². The number of rotatable bonds is 3. The molecular formula is C9H14N6O3. The number of nitrogens with zero attached hydrogens (tertiary/aromatic N) is 4. The number of hydrogen-bond acceptors (Lipinski definition) is 8. The molecule has 0 saturated carbocycles. The summed E-state index contributed by atoms with van der Waals surface area (Å²) >= 11 is 0. The third kappa shape index (κ3) is 2.17. The van der Waals surface area contributed by atoms with Crippen molar-refractivity contribution in [2.75, 3.05) is 30.1 Å². The van der Waals surface area contributed by atoms with Gasteiger partial charge in [0.1, 0.15) is 6.33 Å². The van der Waals surface area contributed by atoms with E-state index < -0.39 is 4.92 Å². The van der Waals surface area contributed by atoms with Gasteiger partial charge in [-0.25, -0.2) is 15.8 Å². The first-order valence-corrected chi connectivity index (χ1v) is 5.45. The Morgan fingerprint density at radius 2 is 2.44 bits per heavy atom. The maximum Gasteiger partial charge on any atom is 0.354 e. The SMILES string of the molecule is CC1COCCN1c1ncnc(NN)c1[N+](=O)[O-]. The zero-order valence-electron chi connectivity index (χ0n) is 9.87. The van der Waals surface area contributed by atoms with Gasteiger partial charge in [0.25, 0.3) is 0 Å². The van der Waals surface area contributed by atoms with Crippen LogP contribution in [0.5, 0.6) is 0 Å². The second-order valence-electron chi connectivity index (χ2n) is 3.91. The van der Waals surface area contributed by atoms with E-state index in [-0.39, 0.29) is 23.4 Å². The van der Waals surface area contributed by atoms with Crippen LogP contribution in [0.2, 0.25) is 0 Å². The van der Waals surface area contributed by atoms with Gasteiger partial charge in [-0.05, 0) is 6.92 Å². The lowest BCUT2D eigenvalue weighted by molar-refractivity contribution is -0.383. The number of aromatic nitrogens is 2. The molecule has 1 aromatic heterocycles. The summed E-state index contributed by atoms with van der Waals surface area (Å²) in [6.45, 7) is 3.48. The van der Waals surface area contributed by atoms with Crippen molar-refractivity contribution < 1.29 is 9.66 Å². The van der Waals surface area contributed by atoms with E-state index in [9.17, 15) is 10.1 Å². The molecule has 1 saturated heterocycles. The van der Waals surface area contributed by atoms with Crippen LogP contribution >= 0.6 is 0 Å². The number of nitrogens with one attached hydrogen (secondary N) is 1. The zero-order valence-corrected chi connectivity index (χ0v) is 9.87. The van der Waals surface area contributed by atoms with Crippen molar-refractivity contribution in [3.8, 4) is 0 Å². The molecule has 0 amide bonds. The lowest BCUT2D eigenvalue weighted by atomic mass is 10.2. The van der Waals surface area contributed by atoms with Crippen LogP contribution in [-0.2, 0) is 4.74 Å². The largest absolute Gasteiger partial charge is 0.377 e. The van der Waals surface area contributed by atoms with Crippen molar-refractivity contribution in [3.63, 3.8) is 0 Å². The van der Waals surface area contributed by atoms with Crippen LogP contribution in [0.1, 0.15) is 6.92 Å². The highest BCUT2D eigenvalue weighted by molar-refractivity contribution is 5.70. The van der Waals surface area contributed by atoms with Crippen LogP contribution in [0.15, 0.2) is 6.33 Å². The first-order valence-electron chi connectivity index (χ1n) is 5.45. The predicted molar refractivity (Wildman–Crippen MR) is 64.1 cm³/mol. The minimum Gasteiger partial charge on any atom is -0.377 e. The first-order chi connectivity index (χ1) is 8.65. The number of nitro groups is 1. The lowest BCUT2D eigenvalue weighted by Gasteiger charge is -2.33. The van der Waals surface area contributed by atoms with E-state index in [0.717, 1.165) is 0 Å². The highest BCUT2D eigenvalue weighted by atomic mass is 16.6. The van der Waals surface area contributed by atoms with Gasteiger partial charge >= 0.3 is 5.69 Å². The molecule has 0 bridgehead atoms. The van der Waals surface area contributed by atoms with Crippen molar-refractivity contribution in [2.45, 2.75) is 13.0 Å². The van der Waals surface area contributed by atoms with Gasteiger partial charge in [0.05, 0.1) is 24.2 Å². The topological polar surface area (TPSA) is 119 Å². The average molecular weight is 254 g/mol. The minimum atomic E-state index is -0.535. The number of anilines is 2. The summed E-state index contributed by atoms with van der Waals surface area (Å²) in [5.74, 6) is 5.50. The van der Waals surface area contributed by atoms with E-state index in [0.29, 0.717) is 19.8 Å². The molecule has 1 aliphatic heterocycles. The molecule has 0 spiro atoms. The Balaban J connectivity index is 2.45. The van der Waals surface area contributed by atoms with Gasteiger partial charge in [0.2, 0.25) is 11.6 Å². The smallest absolute Gasteiger partial charge is 0.354 e. The quantitative estimate of drug-likeness (QED) is 0.435. The monoisotopic (exact) mass is 254 g/mol. The molecule has 9 nitrogen and oxygen atoms in total. The Labute approximate surface area is 103 Å². The molecule has 1 aromatic rings. The zero-order chi connectivity index (χ0) is 13.1. The van der Waals surface area contributed by atoms with Crippen molar-refractivity contribution in [3.05, 3.63) is 16.4 Å². The maximum absolute atomic E-state index is 11.1. The Morgan fingerprint density at radius 1 is 1.67 bits per heavy atom. The number of hydrogen-bond donors (Lipinski definition) is 2. The molecule has 1 unspecified atom stereocenters. The van der Waals surface area contributed by atoms with Crippen LogP contribution in [0, 0.1) is 10.1 Å². The van der Waals surface area contributed by atoms with Gasteiger partial charge < -0.3 is 15.1 Å². The highest BCUT2D eigenvalue weighted by Crippen LogP contribution is 2.32. The molecule has 2 rings (SSSR count). The van der Waals surface area contributed by atoms with Crippen LogP contribution in [0.4, 0.5) is 17.3 Å². The lowest BCUT2D eigenvalue weighted by Crippen LogP contribution is -2.44. The fourth-order valence-corrected chi connectivity index (χ4v) is 1.90. The summed E-state index contributed by atoms with van der Waals surface area (Å²) in [5, 5.41) is 11.1. The van der Waals surface area contributed by atoms with Gasteiger partial charge in [-0.3, -0.25) is 10.1 Å². The van der Waals surface area contributed by atoms with E-state index in [1.54, 1.807) is 0 Å². The molecule has 1 fully saturated rings. The third-order valence-electron chi connectivity index (χ3n) is 2.76. The fourth-order valence-electron chi connectivity index (χ4n) is 1.90. The molecule has 1 atom stereocenters. The summed E-state index contributed by atoms with van der Waals surface area (Å²) in [7, 11) is 0. The van der Waals surface area contributed by atoms with Gasteiger partial charge in [-0.15, -0.1) is 0 Å². The van der Waals surface area contributed by atoms with E-state index >= 15 is 0 Å². The van der Waals surface area contributed by atoms with Crippen molar-refractivity contribution in [1.29, 1.82) is 0 Å². The van der Waals surface area contributed by atoms with Crippen LogP contribution in [0.3, 0.4) is 0 Å². The predicted octanol–water partition coefficient (Wildman–Crippen LogP) is -0.104. The maximum atomic E-state index is 11.1. The highest BCUT2D eigenvalue weighted by Gasteiger charge is 2.30. The molecular weight excluding hydrogens is 240 g/mol. The summed E-state index contributed by atoms with van der Waals surface area (Å²) in [5.41, 5.74) is 2.01. The molecule has 9 heteroatoms. The Bertz CT molecular complexity index is 454. The minimum absolute atomic E-state index is 0.00342. The van der Waals surface area contributed by atoms with E-state index in [2.05, 4.69) is 15.4 Å². The normalized spacial score (nSPS) is 19.7. The second-order valence-corrected chi connectivity index (χ2v) is 3.91. The molecule has 3 N–H and O–H groups in total. The van der Waals surface area contributed by atoms with Gasteiger partial charge in [0.15, 0.2) is 0 Å². The Morgan fingerprint density at radius 3 is 3.06 bits per heavy atom. The number of nitrogen functional groups attached to an aromatic ring is 1. The number of hydrazine groups is 1. The standard InChI is InChI=1S/C9H14N6O3/c1-6-4-18-3-2-14(6)9-7(15(16)17)8(13-10)11-5-12-9/h5-6H,2-4,10H2,1H3,(H,11,12,13). The molecule has 1 aliphatic rings. The van der Waals surface area contributed by atoms with Crippen LogP contribution in [-0.4, -0.2) is 40.7 Å². The van der Waals surface area contributed by atoms with Gasteiger partial charge in [0, 0.05) is 6.54 Å². The molecule has 0 aromatic carbocycles. The molecule has 18 heavy (non-hydrogen) atoms. The van der Waals surface area contributed by atoms with E-state index in [1.165, 1.54) is 6.33 Å². The average Bonchev–Trinajstić information content (AvgIpc) is 2.38. The van der Waals surface area contributed by atoms with Crippen molar-refractivity contribution in [1.82, 2.24) is 9.97 Å². The first kappa shape index (κ1) is 12.5. The van der Waals surface area contributed by atoms with Crippen molar-refractivity contribution in [2.24, 2.45) is 5.84 Å². The molecule has 0 radical (unpaired) electrons. The van der Waals surface area contributed by atoms with Crippen molar-refractivity contribution >= 4 is 17.3 Å². The van der Waals surface area contributed by atoms with Crippen LogP contribution < -0.4 is 16.2 Å². The Hall–Kier alpha value is -2.00. The summed E-state index contributed by atoms with van der Waals surface area (Å²) < 4.78 is 5.30. The third-order valence-corrected chi connectivity index (χ3v) is 2.76.